The fraction of sp³-hybridized carbons (Fsp3) is 0.600. The van der Waals surface area contributed by atoms with Gasteiger partial charge in [-0.2, -0.15) is 8.62 Å². The number of ether oxygens (including phenoxy) is 1. The zero-order valence-electron chi connectivity index (χ0n) is 18.2. The number of phosphoric acid groups is 3. The number of nitrogens with zero attached hydrogens (tertiary/aromatic N) is 4. The minimum atomic E-state index is -5.64. The molecule has 0 amide bonds. The van der Waals surface area contributed by atoms with E-state index in [9.17, 15) is 28.6 Å². The van der Waals surface area contributed by atoms with Crippen molar-refractivity contribution in [2.45, 2.75) is 45.1 Å². The van der Waals surface area contributed by atoms with Crippen LogP contribution < -0.4 is 0 Å². The predicted molar refractivity (Wildman–Crippen MR) is 115 cm³/mol. The largest absolute Gasteiger partial charge is 0.490 e. The van der Waals surface area contributed by atoms with Crippen molar-refractivity contribution in [2.24, 2.45) is 4.99 Å². The van der Waals surface area contributed by atoms with Crippen LogP contribution in [0.15, 0.2) is 16.9 Å². The van der Waals surface area contributed by atoms with E-state index < -0.39 is 48.5 Å². The maximum absolute atomic E-state index is 11.9. The second kappa shape index (κ2) is 10.0. The molecule has 1 aromatic heterocycles. The average Bonchev–Trinajstić information content (AvgIpc) is 3.26. The van der Waals surface area contributed by atoms with Crippen LogP contribution in [0.3, 0.4) is 0 Å². The first kappa shape index (κ1) is 27.3. The van der Waals surface area contributed by atoms with Gasteiger partial charge in [-0.25, -0.2) is 23.7 Å². The third kappa shape index (κ3) is 6.49. The Morgan fingerprint density at radius 2 is 1.88 bits per heavy atom. The molecule has 0 radical (unpaired) electrons. The third-order valence-corrected chi connectivity index (χ3v) is 8.77. The molecule has 19 heteroatoms. The summed E-state index contributed by atoms with van der Waals surface area (Å²) in [5.74, 6) is 0.492. The maximum atomic E-state index is 11.9. The van der Waals surface area contributed by atoms with Crippen LogP contribution in [-0.2, 0) is 31.6 Å². The number of aliphatic imine (C=N–C) groups is 1. The lowest BCUT2D eigenvalue weighted by Crippen LogP contribution is -2.26. The Hall–Kier alpha value is -1.25. The highest BCUT2D eigenvalue weighted by Gasteiger charge is 2.43. The van der Waals surface area contributed by atoms with E-state index in [1.54, 1.807) is 10.9 Å². The van der Waals surface area contributed by atoms with Crippen molar-refractivity contribution in [3.05, 3.63) is 17.6 Å². The average molecular weight is 546 g/mol. The van der Waals surface area contributed by atoms with Gasteiger partial charge >= 0.3 is 23.5 Å². The van der Waals surface area contributed by atoms with Gasteiger partial charge in [0.2, 0.25) is 0 Å². The summed E-state index contributed by atoms with van der Waals surface area (Å²) in [6, 6.07) is 0. The van der Waals surface area contributed by atoms with Crippen LogP contribution >= 0.6 is 23.5 Å². The van der Waals surface area contributed by atoms with Gasteiger partial charge in [0.25, 0.3) is 0 Å². The first-order valence-corrected chi connectivity index (χ1v) is 14.3. The highest BCUT2D eigenvalue weighted by molar-refractivity contribution is 7.66. The molecule has 3 rings (SSSR count). The van der Waals surface area contributed by atoms with Gasteiger partial charge in [0.1, 0.15) is 18.0 Å². The first-order valence-electron chi connectivity index (χ1n) is 9.78. The van der Waals surface area contributed by atoms with Crippen molar-refractivity contribution >= 4 is 41.3 Å². The van der Waals surface area contributed by atoms with Crippen LogP contribution in [0.4, 0.5) is 5.82 Å². The molecule has 2 aliphatic rings. The normalized spacial score (nSPS) is 27.9. The first-order chi connectivity index (χ1) is 15.6. The third-order valence-electron chi connectivity index (χ3n) is 4.96. The molecule has 192 valence electrons. The lowest BCUT2D eigenvalue weighted by molar-refractivity contribution is -0.0429. The van der Waals surface area contributed by atoms with Crippen molar-refractivity contribution in [3.8, 4) is 0 Å². The standard InChI is InChI=1S/C15H25N4O12P3/c1-4-9(2)14-13-15(17-7-18(14)3)19(8-16-13)12-5-10(20)11(29-12)6-28-33(24,25)31-34(26,27)30-32(21,22)23/h7-8,10-12,20H,4-6H2,1-3H3,(H,24,25)(H,26,27)(H2,21,22,23). The van der Waals surface area contributed by atoms with E-state index in [0.717, 1.165) is 17.7 Å². The monoisotopic (exact) mass is 546 g/mol. The number of aliphatic hydroxyl groups excluding tert-OH is 1. The molecular formula is C15H25N4O12P3. The molecular weight excluding hydrogens is 521 g/mol. The molecule has 0 spiro atoms. The summed E-state index contributed by atoms with van der Waals surface area (Å²) in [7, 11) is -14.6. The highest BCUT2D eigenvalue weighted by Crippen LogP contribution is 2.66. The molecule has 1 aromatic rings. The predicted octanol–water partition coefficient (Wildman–Crippen LogP) is 1.62. The molecule has 34 heavy (non-hydrogen) atoms. The molecule has 1 fully saturated rings. The summed E-state index contributed by atoms with van der Waals surface area (Å²) in [5.41, 5.74) is 2.59. The summed E-state index contributed by atoms with van der Waals surface area (Å²) in [5, 5.41) is 10.3. The molecule has 2 aliphatic heterocycles. The summed E-state index contributed by atoms with van der Waals surface area (Å²) in [4.78, 5) is 46.6. The Morgan fingerprint density at radius 3 is 2.50 bits per heavy atom. The molecule has 5 atom stereocenters. The number of allylic oxidation sites excluding steroid dienone is 1. The van der Waals surface area contributed by atoms with Crippen LogP contribution in [0.1, 0.15) is 38.6 Å². The van der Waals surface area contributed by atoms with E-state index >= 15 is 0 Å². The van der Waals surface area contributed by atoms with Gasteiger partial charge in [-0.05, 0) is 18.9 Å². The summed E-state index contributed by atoms with van der Waals surface area (Å²) >= 11 is 0. The van der Waals surface area contributed by atoms with Crippen LogP contribution in [0.2, 0.25) is 0 Å². The fourth-order valence-electron chi connectivity index (χ4n) is 3.40. The van der Waals surface area contributed by atoms with Gasteiger partial charge in [0, 0.05) is 13.5 Å². The van der Waals surface area contributed by atoms with Crippen molar-refractivity contribution in [3.63, 3.8) is 0 Å². The SMILES string of the molecule is CCC(C)=C1c2ncn(C3CC(O)C(COP(=O)(O)OP(=O)(O)OP(=O)(O)O)O3)c2N=CN1C. The molecule has 0 aliphatic carbocycles. The van der Waals surface area contributed by atoms with Gasteiger partial charge in [-0.3, -0.25) is 9.09 Å². The van der Waals surface area contributed by atoms with E-state index in [1.807, 2.05) is 25.8 Å². The molecule has 0 saturated carbocycles. The number of fused-ring (bicyclic) bond motifs is 1. The lowest BCUT2D eigenvalue weighted by Gasteiger charge is -2.24. The molecule has 16 nitrogen and oxygen atoms in total. The Kier molecular flexibility index (Phi) is 8.05. The minimum absolute atomic E-state index is 0.0460. The molecule has 3 heterocycles. The van der Waals surface area contributed by atoms with Gasteiger partial charge in [-0.15, -0.1) is 0 Å². The maximum Gasteiger partial charge on any atom is 0.490 e. The van der Waals surface area contributed by atoms with E-state index in [-0.39, 0.29) is 6.42 Å². The quantitative estimate of drug-likeness (QED) is 0.278. The van der Waals surface area contributed by atoms with E-state index in [1.165, 1.54) is 6.33 Å². The van der Waals surface area contributed by atoms with Crippen molar-refractivity contribution in [1.29, 1.82) is 0 Å². The van der Waals surface area contributed by atoms with Gasteiger partial charge in [0.15, 0.2) is 5.82 Å². The second-order valence-electron chi connectivity index (χ2n) is 7.48. The number of phosphoric ester groups is 1. The van der Waals surface area contributed by atoms with Gasteiger partial charge in [0.05, 0.1) is 31.1 Å². The number of hydrogen-bond donors (Lipinski definition) is 5. The Bertz CT molecular complexity index is 1130. The molecule has 5 unspecified atom stereocenters. The molecule has 5 N–H and O–H groups in total. The van der Waals surface area contributed by atoms with Crippen molar-refractivity contribution in [2.75, 3.05) is 13.7 Å². The van der Waals surface area contributed by atoms with Gasteiger partial charge < -0.3 is 34.3 Å². The van der Waals surface area contributed by atoms with Crippen molar-refractivity contribution in [1.82, 2.24) is 14.5 Å². The van der Waals surface area contributed by atoms with E-state index in [2.05, 4.69) is 23.1 Å². The molecule has 0 bridgehead atoms. The van der Waals surface area contributed by atoms with E-state index in [0.29, 0.717) is 11.5 Å². The zero-order chi connectivity index (χ0) is 25.5. The zero-order valence-corrected chi connectivity index (χ0v) is 20.9. The number of imidazole rings is 1. The topological polar surface area (TPSA) is 223 Å². The fourth-order valence-corrected chi connectivity index (χ4v) is 6.43. The summed E-state index contributed by atoms with van der Waals surface area (Å²) < 4.78 is 53.2. The Labute approximate surface area is 193 Å². The minimum Gasteiger partial charge on any atom is -0.390 e. The van der Waals surface area contributed by atoms with Crippen molar-refractivity contribution < 1.29 is 56.3 Å². The number of aliphatic hydroxyl groups is 1. The lowest BCUT2D eigenvalue weighted by atomic mass is 10.1. The number of hydrogen-bond acceptors (Lipinski definition) is 11. The summed E-state index contributed by atoms with van der Waals surface area (Å²) in [6.45, 7) is 3.23. The molecule has 0 aromatic carbocycles. The van der Waals surface area contributed by atoms with Crippen LogP contribution in [0.5, 0.6) is 0 Å². The number of aromatic nitrogens is 2. The van der Waals surface area contributed by atoms with Gasteiger partial charge in [-0.1, -0.05) is 6.92 Å². The Balaban J connectivity index is 1.69. The van der Waals surface area contributed by atoms with E-state index in [4.69, 9.17) is 14.5 Å². The number of rotatable bonds is 9. The summed E-state index contributed by atoms with van der Waals surface area (Å²) in [6.07, 6.45) is 0.864. The van der Waals surface area contributed by atoms with Crippen LogP contribution in [-0.4, -0.2) is 71.3 Å². The highest BCUT2D eigenvalue weighted by atomic mass is 31.3. The second-order valence-corrected chi connectivity index (χ2v) is 11.9. The van der Waals surface area contributed by atoms with Crippen LogP contribution in [0.25, 0.3) is 5.70 Å². The Morgan fingerprint density at radius 1 is 1.21 bits per heavy atom. The van der Waals surface area contributed by atoms with Crippen LogP contribution in [0, 0.1) is 0 Å². The molecule has 1 saturated heterocycles. The smallest absolute Gasteiger partial charge is 0.390 e.